The Balaban J connectivity index is 1.51. The van der Waals surface area contributed by atoms with Crippen LogP contribution in [0.2, 0.25) is 5.02 Å². The summed E-state index contributed by atoms with van der Waals surface area (Å²) in [5.41, 5.74) is 1.81. The lowest BCUT2D eigenvalue weighted by Gasteiger charge is -2.36. The molecule has 2 aromatic rings. The molecule has 0 radical (unpaired) electrons. The molecule has 4 bridgehead atoms. The molecule has 166 valence electrons. The smallest absolute Gasteiger partial charge is 0.259 e. The molecule has 3 N–H and O–H groups in total. The summed E-state index contributed by atoms with van der Waals surface area (Å²) in [6.45, 7) is 4.31. The first-order valence-electron chi connectivity index (χ1n) is 10.4. The van der Waals surface area contributed by atoms with Crippen molar-refractivity contribution < 1.29 is 14.3 Å². The van der Waals surface area contributed by atoms with E-state index < -0.39 is 0 Å². The van der Waals surface area contributed by atoms with Crippen molar-refractivity contribution in [3.05, 3.63) is 41.3 Å². The van der Waals surface area contributed by atoms with Crippen LogP contribution in [0.25, 0.3) is 5.57 Å². The van der Waals surface area contributed by atoms with Crippen LogP contribution in [0.5, 0.6) is 5.75 Å². The van der Waals surface area contributed by atoms with Crippen LogP contribution in [-0.4, -0.2) is 72.6 Å². The maximum atomic E-state index is 12.7. The van der Waals surface area contributed by atoms with Gasteiger partial charge in [0.1, 0.15) is 23.7 Å². The van der Waals surface area contributed by atoms with Crippen molar-refractivity contribution in [1.82, 2.24) is 20.2 Å². The maximum absolute atomic E-state index is 12.7. The zero-order valence-electron chi connectivity index (χ0n) is 17.2. The lowest BCUT2D eigenvalue weighted by molar-refractivity contribution is -0.123. The number of nitrogens with one attached hydrogen (secondary N) is 3. The summed E-state index contributed by atoms with van der Waals surface area (Å²) in [5, 5.41) is 9.22. The van der Waals surface area contributed by atoms with Gasteiger partial charge in [-0.15, -0.1) is 0 Å². The fourth-order valence-corrected chi connectivity index (χ4v) is 4.15. The van der Waals surface area contributed by atoms with Crippen molar-refractivity contribution in [2.45, 2.75) is 0 Å². The molecule has 0 saturated carbocycles. The SMILES string of the molecule is O=C1COc2cc(ccc2Cl)N/C=C2\C(=O)Nc3ncnc(c32)N2CCN(CCN1)CC2. The minimum absolute atomic E-state index is 0.130. The predicted octanol–water partition coefficient (Wildman–Crippen LogP) is 1.17. The molecular weight excluding hydrogens is 434 g/mol. The predicted molar refractivity (Wildman–Crippen MR) is 121 cm³/mol. The van der Waals surface area contributed by atoms with Gasteiger partial charge in [0.2, 0.25) is 0 Å². The molecule has 1 fully saturated rings. The highest BCUT2D eigenvalue weighted by Crippen LogP contribution is 2.37. The maximum Gasteiger partial charge on any atom is 0.259 e. The Morgan fingerprint density at radius 3 is 2.75 bits per heavy atom. The first kappa shape index (κ1) is 20.5. The van der Waals surface area contributed by atoms with Gasteiger partial charge in [-0.25, -0.2) is 9.97 Å². The Kier molecular flexibility index (Phi) is 5.54. The number of nitrogens with zero attached hydrogens (tertiary/aromatic N) is 4. The largest absolute Gasteiger partial charge is 0.482 e. The van der Waals surface area contributed by atoms with E-state index in [9.17, 15) is 9.59 Å². The van der Waals surface area contributed by atoms with Gasteiger partial charge >= 0.3 is 0 Å². The molecule has 4 aliphatic rings. The van der Waals surface area contributed by atoms with E-state index in [1.807, 2.05) is 0 Å². The van der Waals surface area contributed by atoms with Crippen LogP contribution in [0.15, 0.2) is 30.7 Å². The molecule has 0 aliphatic carbocycles. The quantitative estimate of drug-likeness (QED) is 0.542. The summed E-state index contributed by atoms with van der Waals surface area (Å²) in [4.78, 5) is 38.0. The molecule has 2 amide bonds. The summed E-state index contributed by atoms with van der Waals surface area (Å²) in [5.74, 6) is 1.16. The van der Waals surface area contributed by atoms with E-state index in [4.69, 9.17) is 16.3 Å². The number of hydrogen-bond acceptors (Lipinski definition) is 8. The molecule has 0 unspecified atom stereocenters. The third-order valence-electron chi connectivity index (χ3n) is 5.67. The van der Waals surface area contributed by atoms with Crippen LogP contribution < -0.4 is 25.6 Å². The lowest BCUT2D eigenvalue weighted by atomic mass is 10.1. The Morgan fingerprint density at radius 2 is 1.91 bits per heavy atom. The number of amides is 2. The minimum atomic E-state index is -0.246. The van der Waals surface area contributed by atoms with E-state index in [2.05, 4.69) is 35.7 Å². The van der Waals surface area contributed by atoms with E-state index in [1.54, 1.807) is 24.4 Å². The van der Waals surface area contributed by atoms with E-state index in [0.29, 0.717) is 40.0 Å². The highest BCUT2D eigenvalue weighted by atomic mass is 35.5. The molecule has 0 atom stereocenters. The second kappa shape index (κ2) is 8.64. The van der Waals surface area contributed by atoms with Crippen molar-refractivity contribution >= 4 is 46.3 Å². The number of piperazine rings is 1. The third kappa shape index (κ3) is 4.06. The fourth-order valence-electron chi connectivity index (χ4n) is 3.98. The van der Waals surface area contributed by atoms with Crippen molar-refractivity contribution in [2.24, 2.45) is 0 Å². The number of hydrogen-bond donors (Lipinski definition) is 3. The lowest BCUT2D eigenvalue weighted by Crippen LogP contribution is -2.49. The summed E-state index contributed by atoms with van der Waals surface area (Å²) in [7, 11) is 0. The normalized spacial score (nSPS) is 20.7. The highest BCUT2D eigenvalue weighted by Gasteiger charge is 2.32. The number of anilines is 3. The molecule has 1 saturated heterocycles. The molecule has 5 heterocycles. The molecule has 1 aromatic heterocycles. The summed E-state index contributed by atoms with van der Waals surface area (Å²) >= 11 is 6.22. The second-order valence-corrected chi connectivity index (χ2v) is 8.10. The number of fused-ring (bicyclic) bond motifs is 8. The Hall–Kier alpha value is -3.37. The minimum Gasteiger partial charge on any atom is -0.482 e. The molecular formula is C21H22ClN7O3. The van der Waals surface area contributed by atoms with Crippen LogP contribution in [0.1, 0.15) is 5.56 Å². The van der Waals surface area contributed by atoms with Crippen LogP contribution in [0.3, 0.4) is 0 Å². The van der Waals surface area contributed by atoms with Crippen molar-refractivity contribution in [1.29, 1.82) is 0 Å². The Bertz CT molecular complexity index is 1100. The molecule has 1 aromatic carbocycles. The monoisotopic (exact) mass is 455 g/mol. The number of aromatic nitrogens is 2. The molecule has 6 rings (SSSR count). The number of halogens is 1. The first-order valence-corrected chi connectivity index (χ1v) is 10.8. The van der Waals surface area contributed by atoms with Gasteiger partial charge in [0, 0.05) is 57.2 Å². The van der Waals surface area contributed by atoms with Gasteiger partial charge in [-0.1, -0.05) is 11.6 Å². The number of carbonyl (C=O) groups is 2. The molecule has 4 aliphatic heterocycles. The van der Waals surface area contributed by atoms with Gasteiger partial charge in [0.15, 0.2) is 6.61 Å². The number of benzene rings is 1. The zero-order valence-corrected chi connectivity index (χ0v) is 18.0. The van der Waals surface area contributed by atoms with Gasteiger partial charge < -0.3 is 25.6 Å². The van der Waals surface area contributed by atoms with Crippen LogP contribution >= 0.6 is 11.6 Å². The summed E-state index contributed by atoms with van der Waals surface area (Å²) < 4.78 is 5.61. The topological polar surface area (TPSA) is 112 Å². The van der Waals surface area contributed by atoms with E-state index in [0.717, 1.165) is 38.5 Å². The molecule has 0 spiro atoms. The Labute approximate surface area is 189 Å². The molecule has 32 heavy (non-hydrogen) atoms. The van der Waals surface area contributed by atoms with Crippen LogP contribution in [-0.2, 0) is 9.59 Å². The molecule has 10 nitrogen and oxygen atoms in total. The van der Waals surface area contributed by atoms with Gasteiger partial charge in [0.05, 0.1) is 16.2 Å². The van der Waals surface area contributed by atoms with Gasteiger partial charge in [-0.05, 0) is 12.1 Å². The number of rotatable bonds is 0. The molecule has 11 heteroatoms. The summed E-state index contributed by atoms with van der Waals surface area (Å²) in [6, 6.07) is 5.12. The highest BCUT2D eigenvalue weighted by molar-refractivity contribution is 6.33. The average molecular weight is 456 g/mol. The van der Waals surface area contributed by atoms with Crippen molar-refractivity contribution in [3.63, 3.8) is 0 Å². The van der Waals surface area contributed by atoms with Crippen LogP contribution in [0, 0.1) is 0 Å². The van der Waals surface area contributed by atoms with E-state index in [-0.39, 0.29) is 18.4 Å². The first-order chi connectivity index (χ1) is 15.6. The average Bonchev–Trinajstić information content (AvgIpc) is 3.12. The zero-order chi connectivity index (χ0) is 22.1. The van der Waals surface area contributed by atoms with E-state index in [1.165, 1.54) is 6.33 Å². The Morgan fingerprint density at radius 1 is 1.06 bits per heavy atom. The van der Waals surface area contributed by atoms with E-state index >= 15 is 0 Å². The fraction of sp³-hybridized carbons (Fsp3) is 0.333. The summed E-state index contributed by atoms with van der Waals surface area (Å²) in [6.07, 6.45) is 3.11. The van der Waals surface area contributed by atoms with Crippen molar-refractivity contribution in [3.8, 4) is 5.75 Å². The van der Waals surface area contributed by atoms with Crippen LogP contribution in [0.4, 0.5) is 17.3 Å². The van der Waals surface area contributed by atoms with Gasteiger partial charge in [-0.2, -0.15) is 0 Å². The van der Waals surface area contributed by atoms with Crippen molar-refractivity contribution in [2.75, 3.05) is 61.4 Å². The van der Waals surface area contributed by atoms with Gasteiger partial charge in [-0.3, -0.25) is 14.5 Å². The standard InChI is InChI=1S/C21H22ClN7O3/c22-15-2-1-13-9-16(15)32-11-17(30)23-3-4-28-5-7-29(8-6-28)20-18-14(10-24-13)21(31)27-19(18)25-12-26-20/h1-2,9-10,12,24H,3-8,11H2,(H,23,30)(H,25,26,27,31)/b14-10-. The third-order valence-corrected chi connectivity index (χ3v) is 5.98. The second-order valence-electron chi connectivity index (χ2n) is 7.69. The number of carbonyl (C=O) groups excluding carboxylic acids is 2. The van der Waals surface area contributed by atoms with Gasteiger partial charge in [0.25, 0.3) is 11.8 Å². The number of ether oxygens (including phenoxy) is 1.